The summed E-state index contributed by atoms with van der Waals surface area (Å²) in [6.45, 7) is 0. The minimum Gasteiger partial charge on any atom is -0.578 e. The number of rotatable bonds is 0. The summed E-state index contributed by atoms with van der Waals surface area (Å²) in [6, 6.07) is 10.0. The van der Waals surface area contributed by atoms with E-state index in [2.05, 4.69) is 16.1 Å². The maximum absolute atomic E-state index is 3.92. The summed E-state index contributed by atoms with van der Waals surface area (Å²) in [5.74, 6) is 0. The summed E-state index contributed by atoms with van der Waals surface area (Å²) >= 11 is 0. The van der Waals surface area contributed by atoms with Crippen LogP contribution in [0.5, 0.6) is 0 Å². The number of allylic oxidation sites excluding steroid dienone is 6. The number of nitrogens with one attached hydrogen (secondary N) is 1. The van der Waals surface area contributed by atoms with Gasteiger partial charge in [-0.25, -0.2) is 17.2 Å². The number of hydrogen-bond acceptors (Lipinski definition) is 2. The standard InChI is InChI=1S/C7H6N3.C5H5.Fe/c1-2-4-6(3-1)7-5-8-10-9-7;1-2-4-5-3-1;/h1-5,10H;1-5H;/q2*-1;+2. The molecule has 1 aliphatic heterocycles. The summed E-state index contributed by atoms with van der Waals surface area (Å²) < 4.78 is 0. The minimum atomic E-state index is 0. The number of nitrogens with zero attached hydrogens (tertiary/aromatic N) is 2. The molecule has 0 spiro atoms. The van der Waals surface area contributed by atoms with Gasteiger partial charge in [0.25, 0.3) is 0 Å². The van der Waals surface area contributed by atoms with Crippen LogP contribution in [0.15, 0.2) is 71.0 Å². The molecule has 1 aromatic carbocycles. The van der Waals surface area contributed by atoms with Crippen LogP contribution in [0, 0.1) is 0 Å². The Labute approximate surface area is 105 Å². The molecule has 2 aliphatic rings. The van der Waals surface area contributed by atoms with E-state index >= 15 is 0 Å². The van der Waals surface area contributed by atoms with Crippen molar-refractivity contribution in [1.29, 1.82) is 0 Å². The minimum absolute atomic E-state index is 0. The Balaban J connectivity index is 0.000000183. The first-order chi connectivity index (χ1) is 7.47. The zero-order chi connectivity index (χ0) is 10.3. The van der Waals surface area contributed by atoms with Crippen LogP contribution < -0.4 is 5.53 Å². The first-order valence-electron chi connectivity index (χ1n) is 4.71. The van der Waals surface area contributed by atoms with Crippen molar-refractivity contribution in [3.8, 4) is 0 Å². The molecule has 0 unspecified atom stereocenters. The zero-order valence-corrected chi connectivity index (χ0v) is 9.63. The Kier molecular flexibility index (Phi) is 5.26. The largest absolute Gasteiger partial charge is 2.00 e. The van der Waals surface area contributed by atoms with Gasteiger partial charge in [-0.3, -0.25) is 0 Å². The summed E-state index contributed by atoms with van der Waals surface area (Å²) in [6.07, 6.45) is 9.65. The average molecular weight is 253 g/mol. The van der Waals surface area contributed by atoms with E-state index in [1.54, 1.807) is 6.21 Å². The SMILES string of the molecule is C1=CC(=C2C=NN[N-]2)C=C1.[Fe+2].c1cc[cH-]c1. The Morgan fingerprint density at radius 2 is 1.81 bits per heavy atom. The Hall–Kier alpha value is -1.64. The van der Waals surface area contributed by atoms with Gasteiger partial charge in [0.2, 0.25) is 0 Å². The first-order valence-corrected chi connectivity index (χ1v) is 4.71. The first kappa shape index (κ1) is 12.4. The van der Waals surface area contributed by atoms with Crippen molar-refractivity contribution in [2.45, 2.75) is 0 Å². The van der Waals surface area contributed by atoms with Gasteiger partial charge < -0.3 is 11.0 Å². The van der Waals surface area contributed by atoms with Crippen LogP contribution in [-0.4, -0.2) is 6.21 Å². The molecule has 0 bridgehead atoms. The molecule has 1 N–H and O–H groups in total. The summed E-state index contributed by atoms with van der Waals surface area (Å²) in [5, 5.41) is 3.74. The van der Waals surface area contributed by atoms with Crippen molar-refractivity contribution in [2.75, 3.05) is 0 Å². The second-order valence-corrected chi connectivity index (χ2v) is 2.99. The molecule has 0 radical (unpaired) electrons. The van der Waals surface area contributed by atoms with Crippen molar-refractivity contribution in [3.05, 3.63) is 71.3 Å². The van der Waals surface area contributed by atoms with Crippen LogP contribution in [0.25, 0.3) is 5.43 Å². The van der Waals surface area contributed by atoms with Crippen LogP contribution in [-0.2, 0) is 17.1 Å². The molecule has 3 rings (SSSR count). The van der Waals surface area contributed by atoms with Gasteiger partial charge in [-0.1, -0.05) is 30.0 Å². The molecule has 4 heteroatoms. The van der Waals surface area contributed by atoms with E-state index in [4.69, 9.17) is 0 Å². The van der Waals surface area contributed by atoms with Gasteiger partial charge in [0.05, 0.1) is 0 Å². The van der Waals surface area contributed by atoms with Gasteiger partial charge in [0.1, 0.15) is 0 Å². The van der Waals surface area contributed by atoms with E-state index < -0.39 is 0 Å². The predicted molar refractivity (Wildman–Crippen MR) is 62.3 cm³/mol. The van der Waals surface area contributed by atoms with Crippen molar-refractivity contribution < 1.29 is 17.1 Å². The number of hydrogen-bond donors (Lipinski definition) is 1. The van der Waals surface area contributed by atoms with Crippen LogP contribution in [0.4, 0.5) is 0 Å². The Bertz CT molecular complexity index is 382. The van der Waals surface area contributed by atoms with Gasteiger partial charge in [-0.05, 0) is 5.57 Å². The van der Waals surface area contributed by atoms with Crippen molar-refractivity contribution in [2.24, 2.45) is 5.10 Å². The van der Waals surface area contributed by atoms with E-state index in [9.17, 15) is 0 Å². The third-order valence-electron chi connectivity index (χ3n) is 1.93. The molecule has 1 aliphatic carbocycles. The second-order valence-electron chi connectivity index (χ2n) is 2.99. The van der Waals surface area contributed by atoms with Crippen LogP contribution in [0.3, 0.4) is 0 Å². The zero-order valence-electron chi connectivity index (χ0n) is 8.52. The molecule has 0 saturated carbocycles. The van der Waals surface area contributed by atoms with Gasteiger partial charge in [0, 0.05) is 6.21 Å². The fraction of sp³-hybridized carbons (Fsp3) is 0. The van der Waals surface area contributed by atoms with Gasteiger partial charge in [-0.2, -0.15) is 18.2 Å². The normalized spacial score (nSPS) is 15.0. The summed E-state index contributed by atoms with van der Waals surface area (Å²) in [7, 11) is 0. The summed E-state index contributed by atoms with van der Waals surface area (Å²) in [5.41, 5.74) is 8.44. The van der Waals surface area contributed by atoms with E-state index in [0.29, 0.717) is 0 Å². The average Bonchev–Trinajstić information content (AvgIpc) is 3.06. The van der Waals surface area contributed by atoms with Gasteiger partial charge in [0.15, 0.2) is 0 Å². The van der Waals surface area contributed by atoms with Gasteiger partial charge in [-0.15, -0.1) is 0 Å². The second kappa shape index (κ2) is 6.77. The quantitative estimate of drug-likeness (QED) is 0.560. The molecule has 0 atom stereocenters. The molecular formula is C12H11FeN3. The van der Waals surface area contributed by atoms with E-state index in [1.807, 2.05) is 54.6 Å². The van der Waals surface area contributed by atoms with Crippen molar-refractivity contribution in [1.82, 2.24) is 5.53 Å². The Morgan fingerprint density at radius 3 is 2.25 bits per heavy atom. The smallest absolute Gasteiger partial charge is 0.578 e. The number of hydrazone groups is 1. The molecule has 1 aromatic rings. The molecule has 0 fully saturated rings. The molecular weight excluding hydrogens is 242 g/mol. The van der Waals surface area contributed by atoms with Crippen LogP contribution >= 0.6 is 0 Å². The van der Waals surface area contributed by atoms with Gasteiger partial charge >= 0.3 is 17.1 Å². The Morgan fingerprint density at radius 1 is 1.12 bits per heavy atom. The van der Waals surface area contributed by atoms with E-state index in [-0.39, 0.29) is 17.1 Å². The molecule has 0 saturated heterocycles. The maximum atomic E-state index is 3.92. The van der Waals surface area contributed by atoms with E-state index in [1.165, 1.54) is 0 Å². The molecule has 1 heterocycles. The summed E-state index contributed by atoms with van der Waals surface area (Å²) in [4.78, 5) is 0. The van der Waals surface area contributed by atoms with E-state index in [0.717, 1.165) is 11.3 Å². The van der Waals surface area contributed by atoms with Crippen LogP contribution in [0.1, 0.15) is 0 Å². The fourth-order valence-electron chi connectivity index (χ4n) is 1.21. The molecule has 0 amide bonds. The third-order valence-corrected chi connectivity index (χ3v) is 1.93. The predicted octanol–water partition coefficient (Wildman–Crippen LogP) is 2.65. The fourth-order valence-corrected chi connectivity index (χ4v) is 1.21. The van der Waals surface area contributed by atoms with Crippen molar-refractivity contribution in [3.63, 3.8) is 0 Å². The third kappa shape index (κ3) is 3.50. The molecule has 82 valence electrons. The van der Waals surface area contributed by atoms with Crippen LogP contribution in [0.2, 0.25) is 0 Å². The molecule has 3 nitrogen and oxygen atoms in total. The maximum Gasteiger partial charge on any atom is 2.00 e. The molecule has 16 heavy (non-hydrogen) atoms. The molecule has 0 aromatic heterocycles. The topological polar surface area (TPSA) is 38.5 Å². The van der Waals surface area contributed by atoms with Crippen molar-refractivity contribution >= 4 is 6.21 Å². The monoisotopic (exact) mass is 253 g/mol.